The fourth-order valence-corrected chi connectivity index (χ4v) is 1.86. The Morgan fingerprint density at radius 2 is 2.33 bits per heavy atom. The van der Waals surface area contributed by atoms with Gasteiger partial charge in [-0.3, -0.25) is 4.79 Å². The molecule has 18 heavy (non-hydrogen) atoms. The van der Waals surface area contributed by atoms with Crippen LogP contribution in [0, 0.1) is 5.82 Å². The van der Waals surface area contributed by atoms with Crippen LogP contribution in [0.25, 0.3) is 11.0 Å². The van der Waals surface area contributed by atoms with E-state index in [1.54, 1.807) is 12.1 Å². The predicted molar refractivity (Wildman–Crippen MR) is 65.0 cm³/mol. The minimum atomic E-state index is -0.891. The zero-order valence-corrected chi connectivity index (χ0v) is 9.94. The fourth-order valence-electron chi connectivity index (χ4n) is 1.86. The highest BCUT2D eigenvalue weighted by atomic mass is 19.1. The van der Waals surface area contributed by atoms with E-state index < -0.39 is 5.97 Å². The van der Waals surface area contributed by atoms with Crippen molar-refractivity contribution in [2.45, 2.75) is 19.4 Å². The number of rotatable bonds is 5. The van der Waals surface area contributed by atoms with Crippen LogP contribution >= 0.6 is 0 Å². The maximum atomic E-state index is 13.3. The Bertz CT molecular complexity index is 564. The summed E-state index contributed by atoms with van der Waals surface area (Å²) in [4.78, 5) is 10.4. The van der Waals surface area contributed by atoms with Gasteiger partial charge in [-0.15, -0.1) is 0 Å². The predicted octanol–water partition coefficient (Wildman–Crippen LogP) is 2.18. The van der Waals surface area contributed by atoms with Crippen molar-refractivity contribution in [2.24, 2.45) is 0 Å². The molecule has 0 radical (unpaired) electrons. The van der Waals surface area contributed by atoms with Gasteiger partial charge in [0.25, 0.3) is 0 Å². The molecule has 0 aliphatic heterocycles. The highest BCUT2D eigenvalue weighted by molar-refractivity contribution is 5.78. The lowest BCUT2D eigenvalue weighted by atomic mass is 10.1. The Labute approximate surface area is 103 Å². The molecule has 96 valence electrons. The quantitative estimate of drug-likeness (QED) is 0.855. The van der Waals surface area contributed by atoms with Crippen LogP contribution in [0.3, 0.4) is 0 Å². The minimum absolute atomic E-state index is 0.00788. The summed E-state index contributed by atoms with van der Waals surface area (Å²) < 4.78 is 18.3. The van der Waals surface area contributed by atoms with Gasteiger partial charge in [0.15, 0.2) is 5.82 Å². The number of benzene rings is 1. The second-order valence-electron chi connectivity index (χ2n) is 4.29. The normalized spacial score (nSPS) is 12.8. The van der Waals surface area contributed by atoms with E-state index >= 15 is 0 Å². The van der Waals surface area contributed by atoms with E-state index in [-0.39, 0.29) is 18.4 Å². The highest BCUT2D eigenvalue weighted by Crippen LogP contribution is 2.21. The van der Waals surface area contributed by atoms with Gasteiger partial charge in [-0.05, 0) is 31.0 Å². The van der Waals surface area contributed by atoms with Crippen LogP contribution in [0.4, 0.5) is 4.39 Å². The lowest BCUT2D eigenvalue weighted by Gasteiger charge is -2.12. The highest BCUT2D eigenvalue weighted by Gasteiger charge is 2.09. The summed E-state index contributed by atoms with van der Waals surface area (Å²) in [5.41, 5.74) is 1.45. The number of furan rings is 1. The molecule has 0 bridgehead atoms. The molecule has 2 N–H and O–H groups in total. The monoisotopic (exact) mass is 251 g/mol. The maximum Gasteiger partial charge on any atom is 0.317 e. The molecule has 4 nitrogen and oxygen atoms in total. The Hall–Kier alpha value is -1.88. The van der Waals surface area contributed by atoms with Crippen LogP contribution in [-0.4, -0.2) is 23.7 Å². The van der Waals surface area contributed by atoms with Crippen molar-refractivity contribution in [1.82, 2.24) is 5.32 Å². The van der Waals surface area contributed by atoms with Crippen LogP contribution in [0.5, 0.6) is 0 Å². The van der Waals surface area contributed by atoms with Crippen LogP contribution in [0.1, 0.15) is 12.5 Å². The third kappa shape index (κ3) is 2.87. The molecular formula is C13H14FNO3. The van der Waals surface area contributed by atoms with Gasteiger partial charge < -0.3 is 14.8 Å². The first kappa shape index (κ1) is 12.6. The van der Waals surface area contributed by atoms with E-state index in [9.17, 15) is 9.18 Å². The zero-order chi connectivity index (χ0) is 13.1. The van der Waals surface area contributed by atoms with Crippen molar-refractivity contribution < 1.29 is 18.7 Å². The first-order chi connectivity index (χ1) is 8.56. The number of halogens is 1. The molecule has 0 aliphatic carbocycles. The lowest BCUT2D eigenvalue weighted by molar-refractivity contribution is -0.136. The van der Waals surface area contributed by atoms with Gasteiger partial charge in [0.2, 0.25) is 0 Å². The molecule has 1 aromatic carbocycles. The SMILES string of the molecule is CC(Cc1ccc2occ(F)c2c1)NCC(=O)O. The summed E-state index contributed by atoms with van der Waals surface area (Å²) in [6, 6.07) is 5.31. The zero-order valence-electron chi connectivity index (χ0n) is 9.94. The van der Waals surface area contributed by atoms with Gasteiger partial charge in [-0.1, -0.05) is 6.07 Å². The molecule has 0 amide bonds. The molecule has 0 aliphatic rings. The number of nitrogens with one attached hydrogen (secondary N) is 1. The Balaban J connectivity index is 2.06. The van der Waals surface area contributed by atoms with E-state index in [2.05, 4.69) is 5.32 Å². The number of fused-ring (bicyclic) bond motifs is 1. The molecule has 5 heteroatoms. The molecule has 1 heterocycles. The maximum absolute atomic E-state index is 13.3. The van der Waals surface area contributed by atoms with Gasteiger partial charge in [0.05, 0.1) is 11.9 Å². The number of hydrogen-bond donors (Lipinski definition) is 2. The largest absolute Gasteiger partial charge is 0.480 e. The number of carboxylic acid groups (broad SMARTS) is 1. The average Bonchev–Trinajstić information content (AvgIpc) is 2.69. The molecule has 0 saturated heterocycles. The Morgan fingerprint density at radius 3 is 3.06 bits per heavy atom. The summed E-state index contributed by atoms with van der Waals surface area (Å²) in [5.74, 6) is -1.27. The molecule has 0 saturated carbocycles. The smallest absolute Gasteiger partial charge is 0.317 e. The van der Waals surface area contributed by atoms with Crippen molar-refractivity contribution in [3.05, 3.63) is 35.8 Å². The molecule has 0 spiro atoms. The summed E-state index contributed by atoms with van der Waals surface area (Å²) in [6.07, 6.45) is 1.72. The minimum Gasteiger partial charge on any atom is -0.480 e. The number of carbonyl (C=O) groups is 1. The van der Waals surface area contributed by atoms with Crippen LogP contribution < -0.4 is 5.32 Å². The topological polar surface area (TPSA) is 62.5 Å². The standard InChI is InChI=1S/C13H14FNO3/c1-8(15-6-13(16)17)4-9-2-3-12-10(5-9)11(14)7-18-12/h2-3,5,7-8,15H,4,6H2,1H3,(H,16,17). The number of aliphatic carboxylic acids is 1. The fraction of sp³-hybridized carbons (Fsp3) is 0.308. The number of hydrogen-bond acceptors (Lipinski definition) is 3. The third-order valence-electron chi connectivity index (χ3n) is 2.73. The summed E-state index contributed by atoms with van der Waals surface area (Å²) in [7, 11) is 0. The summed E-state index contributed by atoms with van der Waals surface area (Å²) in [5, 5.41) is 11.9. The van der Waals surface area contributed by atoms with E-state index in [0.717, 1.165) is 11.8 Å². The third-order valence-corrected chi connectivity index (χ3v) is 2.73. The second-order valence-corrected chi connectivity index (χ2v) is 4.29. The first-order valence-corrected chi connectivity index (χ1v) is 5.67. The molecule has 2 rings (SSSR count). The molecule has 1 unspecified atom stereocenters. The molecule has 1 atom stereocenters. The lowest BCUT2D eigenvalue weighted by Crippen LogP contribution is -2.32. The van der Waals surface area contributed by atoms with Gasteiger partial charge in [0.1, 0.15) is 11.8 Å². The van der Waals surface area contributed by atoms with Crippen molar-refractivity contribution in [2.75, 3.05) is 6.54 Å². The van der Waals surface area contributed by atoms with Gasteiger partial charge in [-0.2, -0.15) is 0 Å². The van der Waals surface area contributed by atoms with Crippen molar-refractivity contribution in [3.8, 4) is 0 Å². The van der Waals surface area contributed by atoms with Crippen molar-refractivity contribution >= 4 is 16.9 Å². The van der Waals surface area contributed by atoms with Crippen molar-refractivity contribution in [3.63, 3.8) is 0 Å². The Kier molecular flexibility index (Phi) is 3.62. The van der Waals surface area contributed by atoms with Gasteiger partial charge in [-0.25, -0.2) is 4.39 Å². The van der Waals surface area contributed by atoms with E-state index in [4.69, 9.17) is 9.52 Å². The Morgan fingerprint density at radius 1 is 1.56 bits per heavy atom. The van der Waals surface area contributed by atoms with Crippen LogP contribution in [-0.2, 0) is 11.2 Å². The van der Waals surface area contributed by atoms with E-state index in [1.165, 1.54) is 0 Å². The average molecular weight is 251 g/mol. The summed E-state index contributed by atoms with van der Waals surface area (Å²) in [6.45, 7) is 1.81. The molecule has 0 fully saturated rings. The van der Waals surface area contributed by atoms with E-state index in [0.29, 0.717) is 17.4 Å². The van der Waals surface area contributed by atoms with Gasteiger partial charge >= 0.3 is 5.97 Å². The van der Waals surface area contributed by atoms with E-state index in [1.807, 2.05) is 13.0 Å². The summed E-state index contributed by atoms with van der Waals surface area (Å²) >= 11 is 0. The van der Waals surface area contributed by atoms with Crippen LogP contribution in [0.2, 0.25) is 0 Å². The number of carboxylic acids is 1. The van der Waals surface area contributed by atoms with Crippen molar-refractivity contribution in [1.29, 1.82) is 0 Å². The first-order valence-electron chi connectivity index (χ1n) is 5.67. The molecular weight excluding hydrogens is 237 g/mol. The van der Waals surface area contributed by atoms with Crippen LogP contribution in [0.15, 0.2) is 28.9 Å². The second kappa shape index (κ2) is 5.18. The van der Waals surface area contributed by atoms with Gasteiger partial charge in [0, 0.05) is 6.04 Å². The molecule has 2 aromatic rings. The molecule has 1 aromatic heterocycles.